The zero-order valence-electron chi connectivity index (χ0n) is 9.89. The maximum atomic E-state index is 11.9. The highest BCUT2D eigenvalue weighted by atomic mass is 32.2. The van der Waals surface area contributed by atoms with E-state index in [1.165, 1.54) is 11.8 Å². The van der Waals surface area contributed by atoms with Crippen LogP contribution in [0.3, 0.4) is 0 Å². The zero-order chi connectivity index (χ0) is 12.5. The van der Waals surface area contributed by atoms with Crippen molar-refractivity contribution < 1.29 is 9.59 Å². The maximum absolute atomic E-state index is 11.9. The molecular formula is C13H14N2O2S. The first-order valence-electron chi connectivity index (χ1n) is 6.08. The quantitative estimate of drug-likeness (QED) is 0.883. The fourth-order valence-electron chi connectivity index (χ4n) is 2.08. The molecular weight excluding hydrogens is 248 g/mol. The van der Waals surface area contributed by atoms with Gasteiger partial charge in [-0.1, -0.05) is 12.1 Å². The molecule has 2 heterocycles. The van der Waals surface area contributed by atoms with E-state index in [2.05, 4.69) is 5.32 Å². The molecule has 1 N–H and O–H groups in total. The number of hydrogen-bond acceptors (Lipinski definition) is 3. The second-order valence-corrected chi connectivity index (χ2v) is 5.77. The minimum Gasteiger partial charge on any atom is -0.343 e. The highest BCUT2D eigenvalue weighted by Crippen LogP contribution is 2.36. The van der Waals surface area contributed by atoms with Gasteiger partial charge in [0, 0.05) is 24.4 Å². The molecule has 4 nitrogen and oxygen atoms in total. The van der Waals surface area contributed by atoms with E-state index >= 15 is 0 Å². The lowest BCUT2D eigenvalue weighted by Crippen LogP contribution is -2.44. The number of likely N-dealkylation sites (tertiary alicyclic amines) is 1. The molecule has 0 radical (unpaired) electrons. The Bertz CT molecular complexity index is 500. The molecule has 1 aromatic rings. The zero-order valence-corrected chi connectivity index (χ0v) is 10.7. The highest BCUT2D eigenvalue weighted by Gasteiger charge is 2.31. The average molecular weight is 262 g/mol. The normalized spacial score (nSPS) is 21.9. The molecule has 1 aromatic carbocycles. The molecule has 1 saturated heterocycles. The van der Waals surface area contributed by atoms with E-state index in [1.54, 1.807) is 0 Å². The summed E-state index contributed by atoms with van der Waals surface area (Å²) in [6.45, 7) is 1.68. The van der Waals surface area contributed by atoms with Gasteiger partial charge in [-0.3, -0.25) is 9.59 Å². The standard InChI is InChI=1S/C13H14N2O2S/c16-12(15-6-3-7-15)8-11-13(17)14-9-4-1-2-5-10(9)18-11/h1-2,4-5,11H,3,6-8H2,(H,14,17)/t11-/m1/s1. The number of carbonyl (C=O) groups is 2. The van der Waals surface area contributed by atoms with Crippen molar-refractivity contribution in [1.29, 1.82) is 0 Å². The number of fused-ring (bicyclic) bond motifs is 1. The van der Waals surface area contributed by atoms with Crippen molar-refractivity contribution in [3.63, 3.8) is 0 Å². The van der Waals surface area contributed by atoms with Gasteiger partial charge >= 0.3 is 0 Å². The fraction of sp³-hybridized carbons (Fsp3) is 0.385. The van der Waals surface area contributed by atoms with Crippen molar-refractivity contribution in [1.82, 2.24) is 4.90 Å². The number of hydrogen-bond donors (Lipinski definition) is 1. The van der Waals surface area contributed by atoms with E-state index in [9.17, 15) is 9.59 Å². The smallest absolute Gasteiger partial charge is 0.238 e. The SMILES string of the molecule is O=C1Nc2ccccc2S[C@@H]1CC(=O)N1CCC1. The summed E-state index contributed by atoms with van der Waals surface area (Å²) >= 11 is 1.49. The molecule has 2 aliphatic heterocycles. The van der Waals surface area contributed by atoms with Crippen molar-refractivity contribution in [3.05, 3.63) is 24.3 Å². The van der Waals surface area contributed by atoms with Crippen LogP contribution in [0, 0.1) is 0 Å². The highest BCUT2D eigenvalue weighted by molar-refractivity contribution is 8.01. The van der Waals surface area contributed by atoms with Crippen LogP contribution in [0.25, 0.3) is 0 Å². The van der Waals surface area contributed by atoms with Crippen LogP contribution < -0.4 is 5.32 Å². The topological polar surface area (TPSA) is 49.4 Å². The van der Waals surface area contributed by atoms with Crippen LogP contribution in [-0.4, -0.2) is 35.1 Å². The lowest BCUT2D eigenvalue weighted by atomic mass is 10.1. The van der Waals surface area contributed by atoms with E-state index in [4.69, 9.17) is 0 Å². The van der Waals surface area contributed by atoms with Crippen molar-refractivity contribution in [3.8, 4) is 0 Å². The van der Waals surface area contributed by atoms with E-state index in [-0.39, 0.29) is 17.1 Å². The van der Waals surface area contributed by atoms with Crippen LogP contribution in [0.2, 0.25) is 0 Å². The predicted octanol–water partition coefficient (Wildman–Crippen LogP) is 1.72. The molecule has 1 atom stereocenters. The third-order valence-corrected chi connectivity index (χ3v) is 4.55. The molecule has 94 valence electrons. The van der Waals surface area contributed by atoms with Gasteiger partial charge in [-0.05, 0) is 18.6 Å². The van der Waals surface area contributed by atoms with E-state index in [0.717, 1.165) is 30.1 Å². The first-order chi connectivity index (χ1) is 8.74. The Kier molecular flexibility index (Phi) is 2.99. The molecule has 3 rings (SSSR count). The number of amides is 2. The first-order valence-corrected chi connectivity index (χ1v) is 6.96. The van der Waals surface area contributed by atoms with Crippen molar-refractivity contribution >= 4 is 29.3 Å². The van der Waals surface area contributed by atoms with Crippen LogP contribution in [0.1, 0.15) is 12.8 Å². The number of nitrogens with zero attached hydrogens (tertiary/aromatic N) is 1. The van der Waals surface area contributed by atoms with E-state index in [1.807, 2.05) is 29.2 Å². The van der Waals surface area contributed by atoms with Gasteiger partial charge in [0.2, 0.25) is 11.8 Å². The Hall–Kier alpha value is -1.49. The van der Waals surface area contributed by atoms with Gasteiger partial charge in [0.1, 0.15) is 0 Å². The maximum Gasteiger partial charge on any atom is 0.238 e. The van der Waals surface area contributed by atoms with Crippen molar-refractivity contribution in [2.45, 2.75) is 23.0 Å². The van der Waals surface area contributed by atoms with Gasteiger partial charge in [-0.15, -0.1) is 11.8 Å². The van der Waals surface area contributed by atoms with Gasteiger partial charge < -0.3 is 10.2 Å². The number of thioether (sulfide) groups is 1. The molecule has 0 spiro atoms. The van der Waals surface area contributed by atoms with Gasteiger partial charge in [0.25, 0.3) is 0 Å². The van der Waals surface area contributed by atoms with E-state index in [0.29, 0.717) is 6.42 Å². The molecule has 18 heavy (non-hydrogen) atoms. The molecule has 2 amide bonds. The lowest BCUT2D eigenvalue weighted by molar-refractivity contribution is -0.135. The lowest BCUT2D eigenvalue weighted by Gasteiger charge is -2.32. The molecule has 0 saturated carbocycles. The molecule has 1 fully saturated rings. The van der Waals surface area contributed by atoms with Crippen LogP contribution in [0.15, 0.2) is 29.2 Å². The Morgan fingerprint density at radius 2 is 2.17 bits per heavy atom. The summed E-state index contributed by atoms with van der Waals surface area (Å²) in [6.07, 6.45) is 1.38. The van der Waals surface area contributed by atoms with Crippen LogP contribution in [0.5, 0.6) is 0 Å². The monoisotopic (exact) mass is 262 g/mol. The Morgan fingerprint density at radius 3 is 2.89 bits per heavy atom. The minimum atomic E-state index is -0.298. The Balaban J connectivity index is 1.70. The summed E-state index contributed by atoms with van der Waals surface area (Å²) < 4.78 is 0. The second-order valence-electron chi connectivity index (χ2n) is 4.53. The third kappa shape index (κ3) is 2.10. The summed E-state index contributed by atoms with van der Waals surface area (Å²) in [4.78, 5) is 26.7. The van der Waals surface area contributed by atoms with Gasteiger partial charge in [-0.25, -0.2) is 0 Å². The summed E-state index contributed by atoms with van der Waals surface area (Å²) in [7, 11) is 0. The number of nitrogens with one attached hydrogen (secondary N) is 1. The molecule has 0 aliphatic carbocycles. The largest absolute Gasteiger partial charge is 0.343 e. The summed E-state index contributed by atoms with van der Waals surface area (Å²) in [5.41, 5.74) is 0.847. The molecule has 0 aromatic heterocycles. The van der Waals surface area contributed by atoms with Crippen molar-refractivity contribution in [2.75, 3.05) is 18.4 Å². The Labute approximate surface area is 110 Å². The predicted molar refractivity (Wildman–Crippen MR) is 70.5 cm³/mol. The number of para-hydroxylation sites is 1. The molecule has 5 heteroatoms. The fourth-order valence-corrected chi connectivity index (χ4v) is 3.18. The number of rotatable bonds is 2. The third-order valence-electron chi connectivity index (χ3n) is 3.28. The van der Waals surface area contributed by atoms with Crippen LogP contribution >= 0.6 is 11.8 Å². The van der Waals surface area contributed by atoms with Gasteiger partial charge in [0.15, 0.2) is 0 Å². The second kappa shape index (κ2) is 4.65. The van der Waals surface area contributed by atoms with Gasteiger partial charge in [0.05, 0.1) is 10.9 Å². The van der Waals surface area contributed by atoms with Gasteiger partial charge in [-0.2, -0.15) is 0 Å². The summed E-state index contributed by atoms with van der Waals surface area (Å²) in [5.74, 6) is 0.0286. The number of carbonyl (C=O) groups excluding carboxylic acids is 2. The van der Waals surface area contributed by atoms with Crippen molar-refractivity contribution in [2.24, 2.45) is 0 Å². The summed E-state index contributed by atoms with van der Waals surface area (Å²) in [6, 6.07) is 7.69. The van der Waals surface area contributed by atoms with Crippen LogP contribution in [0.4, 0.5) is 5.69 Å². The molecule has 0 bridgehead atoms. The first kappa shape index (κ1) is 11.6. The molecule has 2 aliphatic rings. The minimum absolute atomic E-state index is 0.0624. The summed E-state index contributed by atoms with van der Waals surface area (Å²) in [5, 5.41) is 2.56. The number of anilines is 1. The average Bonchev–Trinajstić information content (AvgIpc) is 2.27. The van der Waals surface area contributed by atoms with Crippen LogP contribution in [-0.2, 0) is 9.59 Å². The molecule has 0 unspecified atom stereocenters. The van der Waals surface area contributed by atoms with E-state index < -0.39 is 0 Å². The Morgan fingerprint density at radius 1 is 1.39 bits per heavy atom. The number of benzene rings is 1.